The van der Waals surface area contributed by atoms with Crippen molar-refractivity contribution >= 4 is 0 Å². The number of hydrogen-bond donors (Lipinski definition) is 0. The number of allylic oxidation sites excluding steroid dienone is 3. The molecule has 0 aromatic rings. The largest absolute Gasteiger partial charge is 0.338 e. The molecule has 1 heteroatoms. The van der Waals surface area contributed by atoms with Gasteiger partial charge in [-0.2, -0.15) is 0 Å². The van der Waals surface area contributed by atoms with Gasteiger partial charge in [-0.15, -0.1) is 0 Å². The number of rotatable bonds is 0. The summed E-state index contributed by atoms with van der Waals surface area (Å²) in [7, 11) is 0. The van der Waals surface area contributed by atoms with Crippen LogP contribution in [0.1, 0.15) is 20.8 Å². The molecule has 0 fully saturated rings. The highest BCUT2D eigenvalue weighted by Gasteiger charge is 2.37. The Hall–Kier alpha value is -1.24. The number of nitrogens with zero attached hydrogens (tertiary/aromatic N) is 1. The highest BCUT2D eigenvalue weighted by molar-refractivity contribution is 5.52. The molecule has 0 saturated heterocycles. The first-order chi connectivity index (χ1) is 6.05. The van der Waals surface area contributed by atoms with Crippen LogP contribution in [0.2, 0.25) is 0 Å². The van der Waals surface area contributed by atoms with E-state index >= 15 is 0 Å². The van der Waals surface area contributed by atoms with Gasteiger partial charge < -0.3 is 4.90 Å². The third-order valence-electron chi connectivity index (χ3n) is 3.04. The first-order valence-corrected chi connectivity index (χ1v) is 4.60. The molecule has 0 atom stereocenters. The predicted octanol–water partition coefficient (Wildman–Crippen LogP) is 2.99. The minimum Gasteiger partial charge on any atom is -0.338 e. The molecule has 0 aromatic carbocycles. The molecule has 0 bridgehead atoms. The van der Waals surface area contributed by atoms with Crippen LogP contribution in [0.3, 0.4) is 0 Å². The Kier molecular flexibility index (Phi) is 1.53. The van der Waals surface area contributed by atoms with Gasteiger partial charge >= 0.3 is 0 Å². The van der Waals surface area contributed by atoms with E-state index in [0.29, 0.717) is 0 Å². The van der Waals surface area contributed by atoms with Crippen LogP contribution in [-0.2, 0) is 0 Å². The molecule has 0 N–H and O–H groups in total. The summed E-state index contributed by atoms with van der Waals surface area (Å²) in [6.45, 7) is 10.7. The van der Waals surface area contributed by atoms with Crippen molar-refractivity contribution in [2.24, 2.45) is 0 Å². The van der Waals surface area contributed by atoms with E-state index in [2.05, 4.69) is 56.7 Å². The first-order valence-electron chi connectivity index (χ1n) is 4.60. The minimum atomic E-state index is 0.0423. The Morgan fingerprint density at radius 1 is 1.31 bits per heavy atom. The zero-order valence-corrected chi connectivity index (χ0v) is 8.46. The topological polar surface area (TPSA) is 3.24 Å². The second kappa shape index (κ2) is 2.38. The van der Waals surface area contributed by atoms with Crippen LogP contribution >= 0.6 is 0 Å². The van der Waals surface area contributed by atoms with E-state index in [0.717, 1.165) is 0 Å². The highest BCUT2D eigenvalue weighted by Crippen LogP contribution is 2.41. The molecule has 0 unspecified atom stereocenters. The van der Waals surface area contributed by atoms with E-state index in [1.807, 2.05) is 0 Å². The van der Waals surface area contributed by atoms with Crippen LogP contribution in [0, 0.1) is 0 Å². The van der Waals surface area contributed by atoms with E-state index in [1.54, 1.807) is 0 Å². The molecule has 1 nitrogen and oxygen atoms in total. The van der Waals surface area contributed by atoms with Gasteiger partial charge in [0.05, 0.1) is 5.54 Å². The van der Waals surface area contributed by atoms with Gasteiger partial charge in [-0.25, -0.2) is 0 Å². The van der Waals surface area contributed by atoms with E-state index in [-0.39, 0.29) is 5.54 Å². The lowest BCUT2D eigenvalue weighted by Gasteiger charge is -2.34. The Morgan fingerprint density at radius 2 is 2.00 bits per heavy atom. The van der Waals surface area contributed by atoms with Crippen LogP contribution in [0.5, 0.6) is 0 Å². The molecule has 0 saturated carbocycles. The highest BCUT2D eigenvalue weighted by atomic mass is 15.2. The molecule has 0 aliphatic carbocycles. The van der Waals surface area contributed by atoms with E-state index in [4.69, 9.17) is 0 Å². The summed E-state index contributed by atoms with van der Waals surface area (Å²) >= 11 is 0. The molecule has 0 spiro atoms. The summed E-state index contributed by atoms with van der Waals surface area (Å²) in [4.78, 5) is 2.28. The maximum absolute atomic E-state index is 4.14. The van der Waals surface area contributed by atoms with Crippen molar-refractivity contribution in [2.75, 3.05) is 0 Å². The molecule has 2 aliphatic heterocycles. The van der Waals surface area contributed by atoms with Gasteiger partial charge in [0.1, 0.15) is 0 Å². The van der Waals surface area contributed by atoms with Gasteiger partial charge in [0, 0.05) is 11.9 Å². The molecule has 2 rings (SSSR count). The third kappa shape index (κ3) is 0.932. The average molecular weight is 173 g/mol. The Morgan fingerprint density at radius 3 is 2.62 bits per heavy atom. The average Bonchev–Trinajstić information content (AvgIpc) is 2.30. The van der Waals surface area contributed by atoms with Gasteiger partial charge in [-0.3, -0.25) is 0 Å². The van der Waals surface area contributed by atoms with Crippen LogP contribution in [0.4, 0.5) is 0 Å². The van der Waals surface area contributed by atoms with Gasteiger partial charge in [0.2, 0.25) is 0 Å². The molecule has 0 aromatic heterocycles. The van der Waals surface area contributed by atoms with E-state index < -0.39 is 0 Å². The standard InChI is InChI=1S/C12H15N/c1-9-10(2)12(3,4)13-8-6-5-7-11(9)13/h5-8H,2H2,1,3-4H3. The lowest BCUT2D eigenvalue weighted by molar-refractivity contribution is 0.311. The van der Waals surface area contributed by atoms with E-state index in [1.165, 1.54) is 16.8 Å². The lowest BCUT2D eigenvalue weighted by Crippen LogP contribution is -2.36. The predicted molar refractivity (Wildman–Crippen MR) is 56.0 cm³/mol. The van der Waals surface area contributed by atoms with Crippen molar-refractivity contribution in [3.63, 3.8) is 0 Å². The summed E-state index contributed by atoms with van der Waals surface area (Å²) in [5.74, 6) is 0. The van der Waals surface area contributed by atoms with Gasteiger partial charge in [0.25, 0.3) is 0 Å². The maximum atomic E-state index is 4.14. The van der Waals surface area contributed by atoms with Gasteiger partial charge in [-0.1, -0.05) is 12.7 Å². The second-order valence-corrected chi connectivity index (χ2v) is 4.12. The Labute approximate surface area is 79.7 Å². The second-order valence-electron chi connectivity index (χ2n) is 4.12. The molecule has 2 heterocycles. The zero-order chi connectivity index (χ0) is 9.64. The minimum absolute atomic E-state index is 0.0423. The fourth-order valence-electron chi connectivity index (χ4n) is 2.00. The van der Waals surface area contributed by atoms with E-state index in [9.17, 15) is 0 Å². The SMILES string of the molecule is C=C1C(C)=C2C=CC=CN2C1(C)C. The maximum Gasteiger partial charge on any atom is 0.0638 e. The van der Waals surface area contributed by atoms with Crippen LogP contribution < -0.4 is 0 Å². The molecule has 2 aliphatic rings. The monoisotopic (exact) mass is 173 g/mol. The van der Waals surface area contributed by atoms with Crippen molar-refractivity contribution in [2.45, 2.75) is 26.3 Å². The van der Waals surface area contributed by atoms with Crippen LogP contribution in [-0.4, -0.2) is 10.4 Å². The Bertz CT molecular complexity index is 353. The van der Waals surface area contributed by atoms with Gasteiger partial charge in [-0.05, 0) is 44.1 Å². The van der Waals surface area contributed by atoms with Crippen molar-refractivity contribution in [3.8, 4) is 0 Å². The lowest BCUT2D eigenvalue weighted by atomic mass is 9.93. The zero-order valence-electron chi connectivity index (χ0n) is 8.46. The third-order valence-corrected chi connectivity index (χ3v) is 3.04. The van der Waals surface area contributed by atoms with Crippen molar-refractivity contribution in [1.29, 1.82) is 0 Å². The van der Waals surface area contributed by atoms with Crippen LogP contribution in [0.25, 0.3) is 0 Å². The summed E-state index contributed by atoms with van der Waals surface area (Å²) < 4.78 is 0. The summed E-state index contributed by atoms with van der Waals surface area (Å²) in [6.07, 6.45) is 8.41. The van der Waals surface area contributed by atoms with Crippen molar-refractivity contribution in [3.05, 3.63) is 47.9 Å². The summed E-state index contributed by atoms with van der Waals surface area (Å²) in [5, 5.41) is 0. The molecular weight excluding hydrogens is 158 g/mol. The Balaban J connectivity index is 2.56. The molecule has 0 radical (unpaired) electrons. The smallest absolute Gasteiger partial charge is 0.0638 e. The fourth-order valence-corrected chi connectivity index (χ4v) is 2.00. The molecular formula is C12H15N. The normalized spacial score (nSPS) is 24.2. The summed E-state index contributed by atoms with van der Waals surface area (Å²) in [5.41, 5.74) is 3.86. The van der Waals surface area contributed by atoms with Gasteiger partial charge in [0.15, 0.2) is 0 Å². The summed E-state index contributed by atoms with van der Waals surface area (Å²) in [6, 6.07) is 0. The molecule has 68 valence electrons. The number of hydrogen-bond acceptors (Lipinski definition) is 1. The number of fused-ring (bicyclic) bond motifs is 1. The van der Waals surface area contributed by atoms with Crippen molar-refractivity contribution in [1.82, 2.24) is 4.90 Å². The quantitative estimate of drug-likeness (QED) is 0.544. The van der Waals surface area contributed by atoms with Crippen LogP contribution in [0.15, 0.2) is 47.9 Å². The van der Waals surface area contributed by atoms with Crippen molar-refractivity contribution < 1.29 is 0 Å². The molecule has 13 heavy (non-hydrogen) atoms. The fraction of sp³-hybridized carbons (Fsp3) is 0.333. The first kappa shape index (κ1) is 8.36. The molecule has 0 amide bonds.